The number of ether oxygens (including phenoxy) is 1. The van der Waals surface area contributed by atoms with E-state index < -0.39 is 0 Å². The van der Waals surface area contributed by atoms with E-state index in [9.17, 15) is 9.90 Å². The average molecular weight is 239 g/mol. The highest BCUT2D eigenvalue weighted by atomic mass is 16.5. The highest BCUT2D eigenvalue weighted by Gasteiger charge is 2.23. The zero-order valence-corrected chi connectivity index (χ0v) is 9.85. The quantitative estimate of drug-likeness (QED) is 0.745. The summed E-state index contributed by atoms with van der Waals surface area (Å²) in [6.07, 6.45) is 0.678. The standard InChI is InChI=1S/C11H17N3O3/c1-2-9-12-10(5-11(16)13-9)14-3-4-17-7-8(14)6-15/h5,8,15H,2-4,6-7H2,1H3,(H,12,13,16). The fourth-order valence-corrected chi connectivity index (χ4v) is 1.92. The summed E-state index contributed by atoms with van der Waals surface area (Å²) in [6.45, 7) is 3.63. The summed E-state index contributed by atoms with van der Waals surface area (Å²) < 4.78 is 5.30. The second-order valence-corrected chi connectivity index (χ2v) is 4.01. The number of morpholine rings is 1. The van der Waals surface area contributed by atoms with Crippen molar-refractivity contribution in [2.45, 2.75) is 19.4 Å². The average Bonchev–Trinajstić information content (AvgIpc) is 2.37. The predicted molar refractivity (Wildman–Crippen MR) is 63.3 cm³/mol. The molecule has 1 aromatic rings. The largest absolute Gasteiger partial charge is 0.394 e. The minimum absolute atomic E-state index is 0.00403. The van der Waals surface area contributed by atoms with Gasteiger partial charge in [-0.2, -0.15) is 0 Å². The Kier molecular flexibility index (Phi) is 3.75. The molecule has 2 heterocycles. The van der Waals surface area contributed by atoms with Gasteiger partial charge in [0.1, 0.15) is 11.6 Å². The minimum atomic E-state index is -0.157. The molecule has 0 spiro atoms. The normalized spacial score (nSPS) is 20.6. The maximum atomic E-state index is 11.5. The molecule has 94 valence electrons. The van der Waals surface area contributed by atoms with Gasteiger partial charge >= 0.3 is 0 Å². The number of aliphatic hydroxyl groups is 1. The van der Waals surface area contributed by atoms with Crippen LogP contribution >= 0.6 is 0 Å². The summed E-state index contributed by atoms with van der Waals surface area (Å²) in [7, 11) is 0. The van der Waals surface area contributed by atoms with E-state index >= 15 is 0 Å². The minimum Gasteiger partial charge on any atom is -0.394 e. The van der Waals surface area contributed by atoms with Gasteiger partial charge < -0.3 is 19.7 Å². The fourth-order valence-electron chi connectivity index (χ4n) is 1.92. The van der Waals surface area contributed by atoms with Crippen LogP contribution in [0.1, 0.15) is 12.7 Å². The van der Waals surface area contributed by atoms with E-state index in [0.29, 0.717) is 37.8 Å². The highest BCUT2D eigenvalue weighted by Crippen LogP contribution is 2.15. The molecule has 1 atom stereocenters. The van der Waals surface area contributed by atoms with E-state index in [0.717, 1.165) is 0 Å². The number of hydrogen-bond acceptors (Lipinski definition) is 5. The lowest BCUT2D eigenvalue weighted by Crippen LogP contribution is -2.48. The van der Waals surface area contributed by atoms with Crippen molar-refractivity contribution >= 4 is 5.82 Å². The van der Waals surface area contributed by atoms with E-state index in [1.807, 2.05) is 11.8 Å². The number of nitrogens with zero attached hydrogens (tertiary/aromatic N) is 2. The van der Waals surface area contributed by atoms with Crippen molar-refractivity contribution in [2.75, 3.05) is 31.3 Å². The first-order valence-corrected chi connectivity index (χ1v) is 5.80. The Hall–Kier alpha value is -1.40. The Morgan fingerprint density at radius 3 is 3.24 bits per heavy atom. The first-order valence-electron chi connectivity index (χ1n) is 5.80. The Labute approximate surface area is 99.2 Å². The maximum Gasteiger partial charge on any atom is 0.252 e. The van der Waals surface area contributed by atoms with Crippen molar-refractivity contribution in [2.24, 2.45) is 0 Å². The van der Waals surface area contributed by atoms with Crippen LogP contribution in [-0.4, -0.2) is 47.5 Å². The summed E-state index contributed by atoms with van der Waals surface area (Å²) in [6, 6.07) is 1.34. The Morgan fingerprint density at radius 1 is 1.71 bits per heavy atom. The van der Waals surface area contributed by atoms with Crippen molar-refractivity contribution in [3.63, 3.8) is 0 Å². The molecule has 1 aliphatic rings. The van der Waals surface area contributed by atoms with Gasteiger partial charge in [-0.1, -0.05) is 6.92 Å². The van der Waals surface area contributed by atoms with Gasteiger partial charge in [-0.25, -0.2) is 4.98 Å². The van der Waals surface area contributed by atoms with Crippen LogP contribution in [0.15, 0.2) is 10.9 Å². The van der Waals surface area contributed by atoms with E-state index in [1.54, 1.807) is 0 Å². The molecule has 1 fully saturated rings. The summed E-state index contributed by atoms with van der Waals surface area (Å²) in [5.41, 5.74) is -0.157. The number of rotatable bonds is 3. The molecule has 6 heteroatoms. The van der Waals surface area contributed by atoms with Crippen LogP contribution < -0.4 is 10.5 Å². The number of hydrogen-bond donors (Lipinski definition) is 2. The third-order valence-corrected chi connectivity index (χ3v) is 2.84. The van der Waals surface area contributed by atoms with Crippen LogP contribution in [0, 0.1) is 0 Å². The van der Waals surface area contributed by atoms with Crippen molar-refractivity contribution in [3.8, 4) is 0 Å². The van der Waals surface area contributed by atoms with Gasteiger partial charge in [-0.3, -0.25) is 4.79 Å². The molecule has 0 bridgehead atoms. The Morgan fingerprint density at radius 2 is 2.53 bits per heavy atom. The third-order valence-electron chi connectivity index (χ3n) is 2.84. The number of H-pyrrole nitrogens is 1. The highest BCUT2D eigenvalue weighted by molar-refractivity contribution is 5.39. The monoisotopic (exact) mass is 239 g/mol. The van der Waals surface area contributed by atoms with Crippen molar-refractivity contribution in [1.82, 2.24) is 9.97 Å². The summed E-state index contributed by atoms with van der Waals surface area (Å²) >= 11 is 0. The zero-order valence-electron chi connectivity index (χ0n) is 9.85. The lowest BCUT2D eigenvalue weighted by Gasteiger charge is -2.35. The van der Waals surface area contributed by atoms with Crippen LogP contribution in [0.3, 0.4) is 0 Å². The van der Waals surface area contributed by atoms with E-state index in [1.165, 1.54) is 6.07 Å². The molecule has 1 unspecified atom stereocenters. The second-order valence-electron chi connectivity index (χ2n) is 4.01. The van der Waals surface area contributed by atoms with E-state index in [-0.39, 0.29) is 18.2 Å². The van der Waals surface area contributed by atoms with Crippen LogP contribution in [0.25, 0.3) is 0 Å². The number of aryl methyl sites for hydroxylation is 1. The summed E-state index contributed by atoms with van der Waals surface area (Å²) in [5, 5.41) is 9.28. The molecule has 2 N–H and O–H groups in total. The fraction of sp³-hybridized carbons (Fsp3) is 0.636. The molecule has 1 saturated heterocycles. The van der Waals surface area contributed by atoms with Crippen LogP contribution in [-0.2, 0) is 11.2 Å². The molecule has 0 aromatic carbocycles. The number of aromatic nitrogens is 2. The molecule has 6 nitrogen and oxygen atoms in total. The molecule has 0 radical (unpaired) electrons. The van der Waals surface area contributed by atoms with Gasteiger partial charge in [0.2, 0.25) is 0 Å². The number of anilines is 1. The Bertz CT molecular complexity index is 432. The predicted octanol–water partition coefficient (Wildman–Crippen LogP) is -0.470. The van der Waals surface area contributed by atoms with Gasteiger partial charge in [-0.15, -0.1) is 0 Å². The van der Waals surface area contributed by atoms with E-state index in [4.69, 9.17) is 4.74 Å². The number of aliphatic hydroxyl groups excluding tert-OH is 1. The number of nitrogens with one attached hydrogen (secondary N) is 1. The van der Waals surface area contributed by atoms with Crippen molar-refractivity contribution < 1.29 is 9.84 Å². The van der Waals surface area contributed by atoms with Gasteiger partial charge in [-0.05, 0) is 0 Å². The first kappa shape index (κ1) is 12.1. The van der Waals surface area contributed by atoms with Gasteiger partial charge in [0.05, 0.1) is 25.9 Å². The molecular formula is C11H17N3O3. The van der Waals surface area contributed by atoms with E-state index in [2.05, 4.69) is 9.97 Å². The molecule has 1 aromatic heterocycles. The summed E-state index contributed by atoms with van der Waals surface area (Å²) in [4.78, 5) is 20.5. The number of aromatic amines is 1. The second kappa shape index (κ2) is 5.29. The molecule has 2 rings (SSSR count). The zero-order chi connectivity index (χ0) is 12.3. The van der Waals surface area contributed by atoms with Crippen molar-refractivity contribution in [3.05, 3.63) is 22.2 Å². The lowest BCUT2D eigenvalue weighted by atomic mass is 10.2. The molecule has 0 saturated carbocycles. The molecule has 17 heavy (non-hydrogen) atoms. The molecule has 0 amide bonds. The smallest absolute Gasteiger partial charge is 0.252 e. The van der Waals surface area contributed by atoms with Crippen LogP contribution in [0.5, 0.6) is 0 Å². The summed E-state index contributed by atoms with van der Waals surface area (Å²) in [5.74, 6) is 1.28. The third kappa shape index (κ3) is 2.65. The van der Waals surface area contributed by atoms with Gasteiger partial charge in [0, 0.05) is 19.0 Å². The van der Waals surface area contributed by atoms with Crippen LogP contribution in [0.2, 0.25) is 0 Å². The SMILES string of the molecule is CCc1nc(N2CCOCC2CO)cc(=O)[nH]1. The lowest BCUT2D eigenvalue weighted by molar-refractivity contribution is 0.0722. The molecule has 0 aliphatic carbocycles. The first-order chi connectivity index (χ1) is 8.24. The topological polar surface area (TPSA) is 78.5 Å². The van der Waals surface area contributed by atoms with Gasteiger partial charge in [0.25, 0.3) is 5.56 Å². The molecule has 1 aliphatic heterocycles. The Balaban J connectivity index is 2.31. The van der Waals surface area contributed by atoms with Crippen molar-refractivity contribution in [1.29, 1.82) is 0 Å². The maximum absolute atomic E-state index is 11.5. The van der Waals surface area contributed by atoms with Gasteiger partial charge in [0.15, 0.2) is 0 Å². The van der Waals surface area contributed by atoms with Crippen LogP contribution in [0.4, 0.5) is 5.82 Å². The molecular weight excluding hydrogens is 222 g/mol.